The number of rotatable bonds is 9. The van der Waals surface area contributed by atoms with Gasteiger partial charge in [-0.1, -0.05) is 62.0 Å². The number of benzene rings is 4. The molecule has 0 radical (unpaired) electrons. The van der Waals surface area contributed by atoms with Gasteiger partial charge in [0, 0.05) is 43.3 Å². The maximum atomic E-state index is 13.6. The van der Waals surface area contributed by atoms with Gasteiger partial charge in [0.15, 0.2) is 0 Å². The summed E-state index contributed by atoms with van der Waals surface area (Å²) in [5.74, 6) is -0.634. The van der Waals surface area contributed by atoms with Crippen molar-refractivity contribution in [3.8, 4) is 0 Å². The van der Waals surface area contributed by atoms with Crippen LogP contribution in [0.2, 0.25) is 0 Å². The molecule has 1 amide bonds. The van der Waals surface area contributed by atoms with Crippen LogP contribution in [0.4, 0.5) is 43.4 Å². The quantitative estimate of drug-likeness (QED) is 0.134. The van der Waals surface area contributed by atoms with Gasteiger partial charge in [0.1, 0.15) is 0 Å². The van der Waals surface area contributed by atoms with Crippen molar-refractivity contribution < 1.29 is 31.1 Å². The van der Waals surface area contributed by atoms with E-state index in [4.69, 9.17) is 5.73 Å². The Kier molecular flexibility index (Phi) is 9.85. The van der Waals surface area contributed by atoms with Crippen molar-refractivity contribution in [2.24, 2.45) is 5.73 Å². The fraction of sp³-hybridized carbons (Fsp3) is 0.270. The molecule has 1 atom stereocenters. The summed E-state index contributed by atoms with van der Waals surface area (Å²) in [7, 11) is 0. The van der Waals surface area contributed by atoms with Gasteiger partial charge in [-0.15, -0.1) is 0 Å². The third kappa shape index (κ3) is 7.22. The molecule has 4 aromatic carbocycles. The minimum absolute atomic E-state index is 0.198. The summed E-state index contributed by atoms with van der Waals surface area (Å²) in [6.07, 6.45) is -5.89. The molecule has 6 rings (SSSR count). The van der Waals surface area contributed by atoms with Crippen molar-refractivity contribution in [1.82, 2.24) is 0 Å². The monoisotopic (exact) mass is 713 g/mol. The Hall–Kier alpha value is -3.87. The van der Waals surface area contributed by atoms with Crippen molar-refractivity contribution >= 4 is 52.1 Å². The van der Waals surface area contributed by atoms with E-state index in [-0.39, 0.29) is 11.5 Å². The highest BCUT2D eigenvalue weighted by atomic mass is 32.2. The lowest BCUT2D eigenvalue weighted by molar-refractivity contribution is -0.138. The van der Waals surface area contributed by atoms with E-state index in [9.17, 15) is 31.1 Å². The lowest BCUT2D eigenvalue weighted by Crippen LogP contribution is -2.24. The Morgan fingerprint density at radius 2 is 1.49 bits per heavy atom. The van der Waals surface area contributed by atoms with Crippen LogP contribution in [0.25, 0.3) is 5.57 Å². The second-order valence-corrected chi connectivity index (χ2v) is 14.2. The molecule has 3 N–H and O–H groups in total. The maximum absolute atomic E-state index is 13.6. The van der Waals surface area contributed by atoms with E-state index in [1.165, 1.54) is 41.7 Å². The van der Waals surface area contributed by atoms with E-state index in [1.807, 2.05) is 30.0 Å². The zero-order valence-electron chi connectivity index (χ0n) is 26.5. The molecule has 4 nitrogen and oxygen atoms in total. The van der Waals surface area contributed by atoms with Gasteiger partial charge < -0.3 is 16.0 Å². The highest BCUT2D eigenvalue weighted by molar-refractivity contribution is 8.00. The third-order valence-corrected chi connectivity index (χ3v) is 11.0. The molecular formula is C37H33F6N3OS2. The number of alkyl halides is 6. The van der Waals surface area contributed by atoms with Crippen LogP contribution in [0.1, 0.15) is 66.3 Å². The number of hydrogen-bond acceptors (Lipinski definition) is 5. The number of fused-ring (bicyclic) bond motifs is 4. The van der Waals surface area contributed by atoms with E-state index in [2.05, 4.69) is 11.9 Å². The topological polar surface area (TPSA) is 58.4 Å². The predicted molar refractivity (Wildman–Crippen MR) is 184 cm³/mol. The minimum Gasteiger partial charge on any atom is -0.340 e. The standard InChI is InChI=1S/C37H33F6N3OS2/c1-3-4-6-26-27-11-10-25(20-33(27)48-31-13-8-23(18-28(26)31)36(38,39)40)45-35(47)21(2)22-7-12-29-34(17-22)49-32-14-9-24(37(41,42)43)19-30(32)46(29)16-5-15-44/h7-14,17-20,26H,2-6,15-16,44H2,1H3,(H,45,47). The lowest BCUT2D eigenvalue weighted by Gasteiger charge is -2.33. The van der Waals surface area contributed by atoms with E-state index in [0.29, 0.717) is 59.0 Å². The number of halogens is 6. The normalized spacial score (nSPS) is 15.2. The average Bonchev–Trinajstić information content (AvgIpc) is 3.06. The van der Waals surface area contributed by atoms with Gasteiger partial charge in [0.05, 0.1) is 22.5 Å². The SMILES string of the molecule is C=C(C(=O)Nc1ccc2c(c1)Sc1ccc(C(F)(F)F)cc1C2CCCC)c1ccc2c(c1)Sc1ccc(C(F)(F)F)cc1N2CCCN. The Morgan fingerprint density at radius 3 is 2.18 bits per heavy atom. The average molecular weight is 714 g/mol. The number of nitrogens with one attached hydrogen (secondary N) is 1. The van der Waals surface area contributed by atoms with Gasteiger partial charge in [0.2, 0.25) is 0 Å². The fourth-order valence-corrected chi connectivity index (χ4v) is 8.48. The number of carbonyl (C=O) groups excluding carboxylic acids is 1. The first kappa shape index (κ1) is 35.0. The molecule has 0 aliphatic carbocycles. The lowest BCUT2D eigenvalue weighted by atomic mass is 9.85. The van der Waals surface area contributed by atoms with Crippen molar-refractivity contribution in [2.75, 3.05) is 23.3 Å². The van der Waals surface area contributed by atoms with Crippen molar-refractivity contribution in [2.45, 2.75) is 70.5 Å². The molecule has 0 spiro atoms. The summed E-state index contributed by atoms with van der Waals surface area (Å²) in [5.41, 5.74) is 8.39. The van der Waals surface area contributed by atoms with Crippen LogP contribution in [-0.2, 0) is 17.1 Å². The summed E-state index contributed by atoms with van der Waals surface area (Å²) >= 11 is 2.71. The highest BCUT2D eigenvalue weighted by Crippen LogP contribution is 2.51. The molecule has 49 heavy (non-hydrogen) atoms. The van der Waals surface area contributed by atoms with Crippen molar-refractivity contribution in [1.29, 1.82) is 0 Å². The number of carbonyl (C=O) groups is 1. The molecule has 0 fully saturated rings. The molecular weight excluding hydrogens is 681 g/mol. The van der Waals surface area contributed by atoms with Gasteiger partial charge in [-0.05, 0) is 96.7 Å². The molecule has 4 aromatic rings. The Bertz CT molecular complexity index is 1920. The van der Waals surface area contributed by atoms with Crippen LogP contribution in [0.15, 0.2) is 99.0 Å². The highest BCUT2D eigenvalue weighted by Gasteiger charge is 2.35. The second kappa shape index (κ2) is 13.8. The zero-order valence-corrected chi connectivity index (χ0v) is 28.1. The number of nitrogens with zero attached hydrogens (tertiary/aromatic N) is 1. The number of nitrogens with two attached hydrogens (primary N) is 1. The number of anilines is 3. The van der Waals surface area contributed by atoms with Crippen LogP contribution < -0.4 is 16.0 Å². The molecule has 256 valence electrons. The van der Waals surface area contributed by atoms with Crippen LogP contribution in [-0.4, -0.2) is 19.0 Å². The summed E-state index contributed by atoms with van der Waals surface area (Å²) in [6, 6.07) is 18.4. The maximum Gasteiger partial charge on any atom is 0.416 e. The molecule has 12 heteroatoms. The molecule has 2 aliphatic heterocycles. The van der Waals surface area contributed by atoms with Crippen LogP contribution in [0, 0.1) is 0 Å². The fourth-order valence-electron chi connectivity index (χ4n) is 6.16. The second-order valence-electron chi connectivity index (χ2n) is 12.0. The van der Waals surface area contributed by atoms with Crippen molar-refractivity contribution in [3.63, 3.8) is 0 Å². The van der Waals surface area contributed by atoms with E-state index in [1.54, 1.807) is 18.2 Å². The molecule has 0 saturated heterocycles. The summed E-state index contributed by atoms with van der Waals surface area (Å²) in [4.78, 5) is 18.3. The van der Waals surface area contributed by atoms with Crippen LogP contribution in [0.3, 0.4) is 0 Å². The van der Waals surface area contributed by atoms with E-state index >= 15 is 0 Å². The molecule has 1 unspecified atom stereocenters. The summed E-state index contributed by atoms with van der Waals surface area (Å²) in [6.45, 7) is 6.87. The molecule has 2 heterocycles. The van der Waals surface area contributed by atoms with E-state index in [0.717, 1.165) is 51.3 Å². The molecule has 2 aliphatic rings. The van der Waals surface area contributed by atoms with Gasteiger partial charge >= 0.3 is 12.4 Å². The summed E-state index contributed by atoms with van der Waals surface area (Å²) < 4.78 is 81.3. The number of hydrogen-bond donors (Lipinski definition) is 2. The molecule has 0 saturated carbocycles. The van der Waals surface area contributed by atoms with Crippen molar-refractivity contribution in [3.05, 3.63) is 107 Å². The molecule has 0 aromatic heterocycles. The smallest absolute Gasteiger partial charge is 0.340 e. The van der Waals surface area contributed by atoms with Gasteiger partial charge in [-0.2, -0.15) is 26.3 Å². The first-order valence-electron chi connectivity index (χ1n) is 15.8. The predicted octanol–water partition coefficient (Wildman–Crippen LogP) is 11.1. The van der Waals surface area contributed by atoms with E-state index < -0.39 is 29.4 Å². The zero-order chi connectivity index (χ0) is 35.1. The van der Waals surface area contributed by atoms with Crippen LogP contribution >= 0.6 is 23.5 Å². The van der Waals surface area contributed by atoms with Gasteiger partial charge in [-0.3, -0.25) is 4.79 Å². The Morgan fingerprint density at radius 1 is 0.796 bits per heavy atom. The Labute approximate surface area is 289 Å². The van der Waals surface area contributed by atoms with Crippen LogP contribution in [0.5, 0.6) is 0 Å². The minimum atomic E-state index is -4.48. The first-order valence-corrected chi connectivity index (χ1v) is 17.5. The third-order valence-electron chi connectivity index (χ3n) is 8.68. The largest absolute Gasteiger partial charge is 0.416 e. The number of amides is 1. The molecule has 0 bridgehead atoms. The first-order chi connectivity index (χ1) is 23.3. The summed E-state index contributed by atoms with van der Waals surface area (Å²) in [5, 5.41) is 2.92. The van der Waals surface area contributed by atoms with Gasteiger partial charge in [0.25, 0.3) is 5.91 Å². The van der Waals surface area contributed by atoms with Gasteiger partial charge in [-0.25, -0.2) is 0 Å². The number of unbranched alkanes of at least 4 members (excludes halogenated alkanes) is 1. The Balaban J connectivity index is 1.23.